The van der Waals surface area contributed by atoms with Crippen LogP contribution in [-0.4, -0.2) is 44.4 Å². The highest BCUT2D eigenvalue weighted by Gasteiger charge is 2.30. The Morgan fingerprint density at radius 1 is 1.23 bits per heavy atom. The molecule has 2 aliphatic heterocycles. The van der Waals surface area contributed by atoms with Crippen LogP contribution in [0.4, 0.5) is 5.69 Å². The first-order chi connectivity index (χ1) is 12.7. The number of hydrogen-bond acceptors (Lipinski definition) is 6. The van der Waals surface area contributed by atoms with Gasteiger partial charge in [-0.05, 0) is 43.5 Å². The topological polar surface area (TPSA) is 112 Å². The molecule has 7 nitrogen and oxygen atoms in total. The van der Waals surface area contributed by atoms with Crippen molar-refractivity contribution in [2.24, 2.45) is 27.4 Å². The van der Waals surface area contributed by atoms with Crippen molar-refractivity contribution in [2.75, 3.05) is 26.4 Å². The average Bonchev–Trinajstić information content (AvgIpc) is 2.66. The predicted octanol–water partition coefficient (Wildman–Crippen LogP) is 2.03. The summed E-state index contributed by atoms with van der Waals surface area (Å²) in [6, 6.07) is 5.28. The van der Waals surface area contributed by atoms with Gasteiger partial charge in [0, 0.05) is 30.1 Å². The van der Waals surface area contributed by atoms with Crippen molar-refractivity contribution in [3.63, 3.8) is 0 Å². The molecule has 0 aromatic heterocycles. The Kier molecular flexibility index (Phi) is 6.14. The summed E-state index contributed by atoms with van der Waals surface area (Å²) < 4.78 is 11.4. The van der Waals surface area contributed by atoms with Crippen molar-refractivity contribution in [2.45, 2.75) is 19.3 Å². The number of carbonyl (C=O) groups excluding carboxylic acids is 1. The summed E-state index contributed by atoms with van der Waals surface area (Å²) in [6.45, 7) is 2.28. The number of hydrogen-bond donors (Lipinski definition) is 2. The Morgan fingerprint density at radius 3 is 2.92 bits per heavy atom. The van der Waals surface area contributed by atoms with E-state index in [9.17, 15) is 4.79 Å². The number of primary amides is 1. The highest BCUT2D eigenvalue weighted by atomic mass is 16.5. The number of nitrogens with two attached hydrogens (primary N) is 2. The van der Waals surface area contributed by atoms with E-state index in [0.29, 0.717) is 43.5 Å². The van der Waals surface area contributed by atoms with Crippen LogP contribution in [0, 0.1) is 5.92 Å². The number of unbranched alkanes of at least 4 members (excludes halogenated alkanes) is 1. The Morgan fingerprint density at radius 2 is 2.12 bits per heavy atom. The smallest absolute Gasteiger partial charge is 0.248 e. The van der Waals surface area contributed by atoms with E-state index in [1.54, 1.807) is 12.1 Å². The number of nitrogens with zero attached hydrogens (tertiary/aromatic N) is 2. The number of amides is 1. The number of aliphatic imine (C=N–C) groups is 2. The molecular weight excluding hydrogens is 332 g/mol. The average molecular weight is 356 g/mol. The van der Waals surface area contributed by atoms with Crippen LogP contribution in [0.1, 0.15) is 35.2 Å². The van der Waals surface area contributed by atoms with Gasteiger partial charge >= 0.3 is 0 Å². The first kappa shape index (κ1) is 18.3. The third kappa shape index (κ3) is 4.17. The number of fused-ring (bicyclic) bond motifs is 3. The summed E-state index contributed by atoms with van der Waals surface area (Å²) in [5, 5.41) is 0. The Labute approximate surface area is 152 Å². The van der Waals surface area contributed by atoms with Gasteiger partial charge in [0.1, 0.15) is 6.61 Å². The molecular formula is C19H24N4O3. The van der Waals surface area contributed by atoms with Gasteiger partial charge in [-0.15, -0.1) is 0 Å². The van der Waals surface area contributed by atoms with Crippen LogP contribution in [0.5, 0.6) is 0 Å². The maximum absolute atomic E-state index is 11.4. The second-order valence-corrected chi connectivity index (χ2v) is 6.21. The molecule has 0 fully saturated rings. The lowest BCUT2D eigenvalue weighted by Crippen LogP contribution is -2.26. The second kappa shape index (κ2) is 8.73. The molecule has 0 spiro atoms. The minimum atomic E-state index is -0.478. The van der Waals surface area contributed by atoms with Gasteiger partial charge in [-0.25, -0.2) is 4.99 Å². The maximum Gasteiger partial charge on any atom is 0.248 e. The van der Waals surface area contributed by atoms with E-state index in [2.05, 4.69) is 9.98 Å². The van der Waals surface area contributed by atoms with Crippen molar-refractivity contribution in [1.29, 1.82) is 0 Å². The van der Waals surface area contributed by atoms with Gasteiger partial charge in [0.25, 0.3) is 0 Å². The van der Waals surface area contributed by atoms with Gasteiger partial charge < -0.3 is 20.9 Å². The molecule has 1 atom stereocenters. The zero-order valence-electron chi connectivity index (χ0n) is 14.7. The van der Waals surface area contributed by atoms with E-state index < -0.39 is 5.91 Å². The first-order valence-corrected chi connectivity index (χ1v) is 8.86. The van der Waals surface area contributed by atoms with E-state index in [0.717, 1.165) is 30.4 Å². The molecule has 0 bridgehead atoms. The normalized spacial score (nSPS) is 17.8. The van der Waals surface area contributed by atoms with Crippen LogP contribution in [0.25, 0.3) is 5.57 Å². The van der Waals surface area contributed by atoms with Crippen LogP contribution < -0.4 is 11.5 Å². The van der Waals surface area contributed by atoms with Crippen LogP contribution in [-0.2, 0) is 9.47 Å². The third-order valence-corrected chi connectivity index (χ3v) is 4.38. The zero-order chi connectivity index (χ0) is 18.4. The summed E-state index contributed by atoms with van der Waals surface area (Å²) in [4.78, 5) is 20.3. The summed E-state index contributed by atoms with van der Waals surface area (Å²) >= 11 is 0. The quantitative estimate of drug-likeness (QED) is 0.694. The summed E-state index contributed by atoms with van der Waals surface area (Å²) in [6.07, 6.45) is 6.34. The van der Waals surface area contributed by atoms with Crippen molar-refractivity contribution in [3.8, 4) is 0 Å². The van der Waals surface area contributed by atoms with Crippen LogP contribution in [0.15, 0.2) is 34.4 Å². The number of carbonyl (C=O) groups is 1. The molecule has 1 aromatic rings. The first-order valence-electron chi connectivity index (χ1n) is 8.86. The lowest BCUT2D eigenvalue weighted by molar-refractivity contribution is 0.0922. The van der Waals surface area contributed by atoms with Crippen LogP contribution in [0.2, 0.25) is 0 Å². The minimum absolute atomic E-state index is 0.0386. The summed E-state index contributed by atoms with van der Waals surface area (Å²) in [5.74, 6) is 0.188. The van der Waals surface area contributed by atoms with Crippen LogP contribution >= 0.6 is 0 Å². The maximum atomic E-state index is 11.4. The highest BCUT2D eigenvalue weighted by molar-refractivity contribution is 6.03. The molecule has 2 heterocycles. The largest absolute Gasteiger partial charge is 0.478 e. The number of ether oxygens (including phenoxy) is 2. The van der Waals surface area contributed by atoms with E-state index in [-0.39, 0.29) is 5.92 Å². The summed E-state index contributed by atoms with van der Waals surface area (Å²) in [5.41, 5.74) is 14.0. The van der Waals surface area contributed by atoms with Crippen molar-refractivity contribution >= 4 is 29.3 Å². The minimum Gasteiger partial charge on any atom is -0.478 e. The molecule has 1 amide bonds. The highest BCUT2D eigenvalue weighted by Crippen LogP contribution is 2.40. The molecule has 0 aliphatic carbocycles. The fourth-order valence-corrected chi connectivity index (χ4v) is 3.01. The Bertz CT molecular complexity index is 755. The van der Waals surface area contributed by atoms with Crippen LogP contribution in [0.3, 0.4) is 0 Å². The molecule has 0 saturated heterocycles. The molecule has 1 aromatic carbocycles. The fraction of sp³-hybridized carbons (Fsp3) is 0.421. The third-order valence-electron chi connectivity index (χ3n) is 4.38. The van der Waals surface area contributed by atoms with Gasteiger partial charge in [0.05, 0.1) is 18.2 Å². The second-order valence-electron chi connectivity index (χ2n) is 6.21. The van der Waals surface area contributed by atoms with Gasteiger partial charge in [-0.3, -0.25) is 9.79 Å². The molecule has 3 rings (SSSR count). The molecule has 26 heavy (non-hydrogen) atoms. The SMILES string of the molecule is NCCCCOCCOC1=Nc2cc(C(N)=O)ccc2C2=CN=CCC21. The fourth-order valence-electron chi connectivity index (χ4n) is 3.01. The van der Waals surface area contributed by atoms with Crippen molar-refractivity contribution < 1.29 is 14.3 Å². The molecule has 138 valence electrons. The summed E-state index contributed by atoms with van der Waals surface area (Å²) in [7, 11) is 0. The van der Waals surface area contributed by atoms with Crippen molar-refractivity contribution in [1.82, 2.24) is 0 Å². The number of rotatable bonds is 8. The molecule has 0 saturated carbocycles. The standard InChI is InChI=1S/C19H24N4O3/c20-6-1-2-8-25-9-10-26-19-15-5-7-22-12-16(15)14-4-3-13(18(21)24)11-17(14)23-19/h3-4,7,11-12,15H,1-2,5-6,8-10,20H2,(H2,21,24). The van der Waals surface area contributed by atoms with E-state index >= 15 is 0 Å². The Balaban J connectivity index is 1.70. The molecule has 4 N–H and O–H groups in total. The van der Waals surface area contributed by atoms with Gasteiger partial charge in [0.2, 0.25) is 5.91 Å². The molecule has 7 heteroatoms. The van der Waals surface area contributed by atoms with Crippen molar-refractivity contribution in [3.05, 3.63) is 35.5 Å². The molecule has 2 aliphatic rings. The van der Waals surface area contributed by atoms with Gasteiger partial charge in [-0.2, -0.15) is 0 Å². The molecule has 1 unspecified atom stereocenters. The lowest BCUT2D eigenvalue weighted by atomic mass is 9.85. The lowest BCUT2D eigenvalue weighted by Gasteiger charge is -2.28. The molecule has 0 radical (unpaired) electrons. The van der Waals surface area contributed by atoms with Gasteiger partial charge in [-0.1, -0.05) is 6.07 Å². The zero-order valence-corrected chi connectivity index (χ0v) is 14.7. The van der Waals surface area contributed by atoms with Gasteiger partial charge in [0.15, 0.2) is 5.90 Å². The monoisotopic (exact) mass is 356 g/mol. The van der Waals surface area contributed by atoms with E-state index in [1.807, 2.05) is 18.5 Å². The van der Waals surface area contributed by atoms with E-state index in [4.69, 9.17) is 20.9 Å². The predicted molar refractivity (Wildman–Crippen MR) is 102 cm³/mol. The Hall–Kier alpha value is -2.51. The number of benzene rings is 1. The van der Waals surface area contributed by atoms with E-state index in [1.165, 1.54) is 0 Å².